The number of hydrogen-bond acceptors (Lipinski definition) is 2. The Morgan fingerprint density at radius 3 is 2.15 bits per heavy atom. The van der Waals surface area contributed by atoms with E-state index < -0.39 is 11.6 Å². The minimum Gasteiger partial charge on any atom is -0.383 e. The lowest BCUT2D eigenvalue weighted by Gasteiger charge is -2.19. The zero-order valence-corrected chi connectivity index (χ0v) is 12.2. The maximum atomic E-state index is 13.9. The van der Waals surface area contributed by atoms with Gasteiger partial charge in [0.05, 0.1) is 5.56 Å². The van der Waals surface area contributed by atoms with Gasteiger partial charge in [0.2, 0.25) is 0 Å². The first kappa shape index (κ1) is 14.5. The smallest absolute Gasteiger partial charge is 0.135 e. The average Bonchev–Trinajstić information content (AvgIpc) is 2.66. The fourth-order valence-corrected chi connectivity index (χ4v) is 2.27. The maximum absolute atomic E-state index is 13.9. The third-order valence-corrected chi connectivity index (χ3v) is 3.19. The van der Waals surface area contributed by atoms with E-state index in [-0.39, 0.29) is 16.7 Å². The predicted molar refractivity (Wildman–Crippen MR) is 76.4 cm³/mol. The second-order valence-electron chi connectivity index (χ2n) is 5.76. The van der Waals surface area contributed by atoms with Gasteiger partial charge in [-0.15, -0.1) is 0 Å². The molecule has 0 aliphatic heterocycles. The molecule has 1 aromatic carbocycles. The van der Waals surface area contributed by atoms with Crippen LogP contribution < -0.4 is 5.73 Å². The molecule has 1 aromatic heterocycles. The Kier molecular flexibility index (Phi) is 3.54. The van der Waals surface area contributed by atoms with Gasteiger partial charge in [-0.2, -0.15) is 0 Å². The van der Waals surface area contributed by atoms with Gasteiger partial charge in [0, 0.05) is 12.0 Å². The molecule has 0 bridgehead atoms. The van der Waals surface area contributed by atoms with Crippen LogP contribution in [-0.2, 0) is 12.0 Å². The third kappa shape index (κ3) is 2.28. The first-order valence-electron chi connectivity index (χ1n) is 6.58. The zero-order valence-electron chi connectivity index (χ0n) is 12.2. The number of rotatable bonds is 2. The summed E-state index contributed by atoms with van der Waals surface area (Å²) in [7, 11) is 0. The average molecular weight is 279 g/mol. The molecule has 20 heavy (non-hydrogen) atoms. The number of imidazole rings is 1. The van der Waals surface area contributed by atoms with Crippen LogP contribution in [0, 0.1) is 11.6 Å². The molecular weight excluding hydrogens is 260 g/mol. The highest BCUT2D eigenvalue weighted by Crippen LogP contribution is 2.34. The van der Waals surface area contributed by atoms with Crippen LogP contribution in [0.1, 0.15) is 33.5 Å². The summed E-state index contributed by atoms with van der Waals surface area (Å²) >= 11 is 0. The van der Waals surface area contributed by atoms with Crippen molar-refractivity contribution in [1.82, 2.24) is 9.55 Å². The van der Waals surface area contributed by atoms with Crippen LogP contribution in [0.2, 0.25) is 0 Å². The fourth-order valence-electron chi connectivity index (χ4n) is 2.27. The third-order valence-electron chi connectivity index (χ3n) is 3.19. The minimum absolute atomic E-state index is 0.164. The molecule has 2 N–H and O–H groups in total. The van der Waals surface area contributed by atoms with E-state index in [1.165, 1.54) is 18.2 Å². The molecular formula is C15H19F2N3. The lowest BCUT2D eigenvalue weighted by molar-refractivity contribution is 0.508. The molecule has 0 atom stereocenters. The van der Waals surface area contributed by atoms with Crippen LogP contribution in [0.5, 0.6) is 0 Å². The van der Waals surface area contributed by atoms with Crippen LogP contribution in [0.25, 0.3) is 11.3 Å². The number of benzene rings is 1. The SMILES string of the molecule is CCn1c(C(C)(C)C)nc(-c2c(F)cccc2F)c1N. The van der Waals surface area contributed by atoms with Crippen molar-refractivity contribution in [2.75, 3.05) is 5.73 Å². The fraction of sp³-hybridized carbons (Fsp3) is 0.400. The van der Waals surface area contributed by atoms with Gasteiger partial charge in [-0.25, -0.2) is 13.8 Å². The largest absolute Gasteiger partial charge is 0.383 e. The number of hydrogen-bond donors (Lipinski definition) is 1. The summed E-state index contributed by atoms with van der Waals surface area (Å²) in [4.78, 5) is 4.40. The number of nitrogens with zero attached hydrogens (tertiary/aromatic N) is 2. The molecule has 0 radical (unpaired) electrons. The van der Waals surface area contributed by atoms with Gasteiger partial charge in [0.15, 0.2) is 0 Å². The first-order valence-corrected chi connectivity index (χ1v) is 6.58. The molecule has 0 spiro atoms. The Morgan fingerprint density at radius 1 is 1.20 bits per heavy atom. The summed E-state index contributed by atoms with van der Waals surface area (Å²) in [6.45, 7) is 8.49. The molecule has 2 aromatic rings. The summed E-state index contributed by atoms with van der Waals surface area (Å²) in [6.07, 6.45) is 0. The van der Waals surface area contributed by atoms with Gasteiger partial charge < -0.3 is 10.3 Å². The zero-order chi connectivity index (χ0) is 15.1. The van der Waals surface area contributed by atoms with Crippen LogP contribution in [0.15, 0.2) is 18.2 Å². The molecule has 3 nitrogen and oxygen atoms in total. The number of nitrogens with two attached hydrogens (primary N) is 1. The Bertz CT molecular complexity index is 619. The number of aromatic nitrogens is 2. The van der Waals surface area contributed by atoms with Crippen molar-refractivity contribution in [3.05, 3.63) is 35.7 Å². The number of nitrogen functional groups attached to an aromatic ring is 1. The molecule has 1 heterocycles. The molecule has 0 fully saturated rings. The first-order chi connectivity index (χ1) is 9.27. The van der Waals surface area contributed by atoms with Crippen LogP contribution >= 0.6 is 0 Å². The second kappa shape index (κ2) is 4.89. The number of halogens is 2. The van der Waals surface area contributed by atoms with Gasteiger partial charge in [-0.05, 0) is 19.1 Å². The lowest BCUT2D eigenvalue weighted by Crippen LogP contribution is -2.19. The van der Waals surface area contributed by atoms with E-state index in [2.05, 4.69) is 4.98 Å². The molecule has 0 aliphatic rings. The summed E-state index contributed by atoms with van der Waals surface area (Å²) in [5, 5.41) is 0. The molecule has 0 saturated carbocycles. The lowest BCUT2D eigenvalue weighted by atomic mass is 9.95. The minimum atomic E-state index is -0.655. The van der Waals surface area contributed by atoms with Crippen molar-refractivity contribution in [2.24, 2.45) is 0 Å². The quantitative estimate of drug-likeness (QED) is 0.910. The summed E-state index contributed by atoms with van der Waals surface area (Å²) in [5.74, 6) is -0.299. The van der Waals surface area contributed by atoms with E-state index >= 15 is 0 Å². The van der Waals surface area contributed by atoms with Crippen molar-refractivity contribution in [3.63, 3.8) is 0 Å². The monoisotopic (exact) mass is 279 g/mol. The Labute approximate surface area is 117 Å². The van der Waals surface area contributed by atoms with Crippen molar-refractivity contribution < 1.29 is 8.78 Å². The second-order valence-corrected chi connectivity index (χ2v) is 5.76. The van der Waals surface area contributed by atoms with Gasteiger partial charge in [-0.3, -0.25) is 0 Å². The maximum Gasteiger partial charge on any atom is 0.135 e. The summed E-state index contributed by atoms with van der Waals surface area (Å²) in [6, 6.07) is 3.74. The van der Waals surface area contributed by atoms with Crippen LogP contribution in [0.4, 0.5) is 14.6 Å². The van der Waals surface area contributed by atoms with E-state index in [0.29, 0.717) is 12.4 Å². The normalized spacial score (nSPS) is 11.9. The summed E-state index contributed by atoms with van der Waals surface area (Å²) < 4.78 is 29.6. The topological polar surface area (TPSA) is 43.8 Å². The molecule has 0 unspecified atom stereocenters. The van der Waals surface area contributed by atoms with Crippen LogP contribution in [0.3, 0.4) is 0 Å². The highest BCUT2D eigenvalue weighted by Gasteiger charge is 2.27. The predicted octanol–water partition coefficient (Wildman–Crippen LogP) is 3.73. The highest BCUT2D eigenvalue weighted by atomic mass is 19.1. The van der Waals surface area contributed by atoms with Gasteiger partial charge in [0.1, 0.15) is 29.0 Å². The molecule has 0 saturated heterocycles. The van der Waals surface area contributed by atoms with Gasteiger partial charge in [-0.1, -0.05) is 26.8 Å². The Hall–Kier alpha value is -1.91. The van der Waals surface area contributed by atoms with Crippen molar-refractivity contribution in [2.45, 2.75) is 39.7 Å². The highest BCUT2D eigenvalue weighted by molar-refractivity contribution is 5.72. The molecule has 0 aliphatic carbocycles. The standard InChI is InChI=1S/C15H19F2N3/c1-5-20-13(18)12(19-14(20)15(2,3)4)11-9(16)7-6-8-10(11)17/h6-8H,5,18H2,1-4H3. The summed E-state index contributed by atoms with van der Waals surface area (Å²) in [5.41, 5.74) is 5.80. The van der Waals surface area contributed by atoms with E-state index in [1.54, 1.807) is 4.57 Å². The molecule has 2 rings (SSSR count). The van der Waals surface area contributed by atoms with E-state index in [9.17, 15) is 8.78 Å². The Balaban J connectivity index is 2.74. The molecule has 5 heteroatoms. The van der Waals surface area contributed by atoms with Crippen molar-refractivity contribution in [3.8, 4) is 11.3 Å². The van der Waals surface area contributed by atoms with Crippen molar-refractivity contribution >= 4 is 5.82 Å². The van der Waals surface area contributed by atoms with E-state index in [4.69, 9.17) is 5.73 Å². The van der Waals surface area contributed by atoms with Gasteiger partial charge >= 0.3 is 0 Å². The number of anilines is 1. The van der Waals surface area contributed by atoms with E-state index in [0.717, 1.165) is 5.82 Å². The van der Waals surface area contributed by atoms with Crippen LogP contribution in [-0.4, -0.2) is 9.55 Å². The molecule has 108 valence electrons. The van der Waals surface area contributed by atoms with E-state index in [1.807, 2.05) is 27.7 Å². The molecule has 0 amide bonds. The van der Waals surface area contributed by atoms with Crippen molar-refractivity contribution in [1.29, 1.82) is 0 Å². The van der Waals surface area contributed by atoms with Gasteiger partial charge in [0.25, 0.3) is 0 Å². The Morgan fingerprint density at radius 2 is 1.75 bits per heavy atom.